The Kier molecular flexibility index (Phi) is 12.8. The topological polar surface area (TPSA) is 129 Å². The molecule has 0 unspecified atom stereocenters. The average molecular weight is 146 g/mol. The van der Waals surface area contributed by atoms with Crippen LogP contribution in [0.2, 0.25) is 0 Å². The highest BCUT2D eigenvalue weighted by Gasteiger charge is 1.57. The second-order valence-corrected chi connectivity index (χ2v) is 1.24. The number of aromatic nitrogens is 3. The van der Waals surface area contributed by atoms with Gasteiger partial charge >= 0.3 is 0 Å². The van der Waals surface area contributed by atoms with E-state index in [1.807, 2.05) is 0 Å². The van der Waals surface area contributed by atoms with Gasteiger partial charge in [-0.05, 0) is 0 Å². The van der Waals surface area contributed by atoms with Gasteiger partial charge in [0.1, 0.15) is 0 Å². The predicted molar refractivity (Wildman–Crippen MR) is 39.5 cm³/mol. The second kappa shape index (κ2) is 10.9. The molecular weight excluding hydrogens is 132 g/mol. The molecule has 8 N–H and O–H groups in total. The van der Waals surface area contributed by atoms with Crippen LogP contribution in [0.3, 0.4) is 0 Å². The highest BCUT2D eigenvalue weighted by Crippen LogP contribution is 1.55. The van der Waals surface area contributed by atoms with Crippen molar-refractivity contribution in [2.45, 2.75) is 0 Å². The van der Waals surface area contributed by atoms with Crippen LogP contribution < -0.4 is 17.6 Å². The summed E-state index contributed by atoms with van der Waals surface area (Å²) in [5, 5.41) is 9.26. The van der Waals surface area contributed by atoms with Gasteiger partial charge in [-0.1, -0.05) is 5.21 Å². The van der Waals surface area contributed by atoms with Crippen LogP contribution in [-0.2, 0) is 0 Å². The maximum Gasteiger partial charge on any atom is 0.0690 e. The van der Waals surface area contributed by atoms with Crippen LogP contribution in [0.5, 0.6) is 0 Å². The molecule has 0 saturated heterocycles. The molecule has 0 aliphatic carbocycles. The average Bonchev–Trinajstić information content (AvgIpc) is 2.43. The Labute approximate surface area is 59.6 Å². The van der Waals surface area contributed by atoms with Gasteiger partial charge in [0.2, 0.25) is 0 Å². The van der Waals surface area contributed by atoms with Crippen molar-refractivity contribution in [1.82, 2.24) is 21.6 Å². The third-order valence-electron chi connectivity index (χ3n) is 0.498. The van der Waals surface area contributed by atoms with Gasteiger partial charge in [0, 0.05) is 19.3 Å². The van der Waals surface area contributed by atoms with E-state index in [-0.39, 0.29) is 6.15 Å². The van der Waals surface area contributed by atoms with Crippen LogP contribution in [0, 0.1) is 0 Å². The third kappa shape index (κ3) is 10.1. The molecule has 1 aromatic heterocycles. The highest BCUT2D eigenvalue weighted by atomic mass is 15.3. The van der Waals surface area contributed by atoms with Gasteiger partial charge in [-0.3, -0.25) is 5.10 Å². The minimum absolute atomic E-state index is 0. The summed E-state index contributed by atoms with van der Waals surface area (Å²) in [5.74, 6) is 0. The Morgan fingerprint density at radius 3 is 2.00 bits per heavy atom. The van der Waals surface area contributed by atoms with Crippen molar-refractivity contribution in [3.63, 3.8) is 0 Å². The van der Waals surface area contributed by atoms with Gasteiger partial charge in [-0.2, -0.15) is 0 Å². The fourth-order valence-electron chi connectivity index (χ4n) is 0.167. The first-order valence-electron chi connectivity index (χ1n) is 2.62. The van der Waals surface area contributed by atoms with E-state index in [1.54, 1.807) is 12.4 Å². The van der Waals surface area contributed by atoms with E-state index in [4.69, 9.17) is 11.5 Å². The number of nitrogens with one attached hydrogen (secondary N) is 1. The lowest BCUT2D eigenvalue weighted by molar-refractivity contribution is 0.940. The molecule has 0 aliphatic heterocycles. The number of nitrogens with two attached hydrogens (primary N) is 2. The standard InChI is InChI=1S/C2H3N3.C2H8N2.H3N/c1-2-4-5-3-1;3-1-2-4;/h1-2H,(H,3,4,5);1-4H2;1H3. The van der Waals surface area contributed by atoms with E-state index in [0.717, 1.165) is 0 Å². The summed E-state index contributed by atoms with van der Waals surface area (Å²) in [6.07, 6.45) is 3.24. The van der Waals surface area contributed by atoms with Crippen molar-refractivity contribution in [1.29, 1.82) is 0 Å². The monoisotopic (exact) mass is 146 g/mol. The molecule has 0 aliphatic rings. The third-order valence-corrected chi connectivity index (χ3v) is 0.498. The first-order valence-corrected chi connectivity index (χ1v) is 2.62. The summed E-state index contributed by atoms with van der Waals surface area (Å²) >= 11 is 0. The van der Waals surface area contributed by atoms with Gasteiger partial charge in [0.25, 0.3) is 0 Å². The molecule has 0 atom stereocenters. The zero-order chi connectivity index (χ0) is 6.95. The molecule has 0 spiro atoms. The Bertz CT molecular complexity index is 85.3. The Balaban J connectivity index is 0. The van der Waals surface area contributed by atoms with E-state index < -0.39 is 0 Å². The molecule has 0 amide bonds. The molecule has 0 radical (unpaired) electrons. The van der Waals surface area contributed by atoms with Crippen molar-refractivity contribution in [2.75, 3.05) is 13.1 Å². The summed E-state index contributed by atoms with van der Waals surface area (Å²) in [5.41, 5.74) is 9.81. The van der Waals surface area contributed by atoms with Crippen LogP contribution in [0.1, 0.15) is 0 Å². The van der Waals surface area contributed by atoms with Crippen molar-refractivity contribution < 1.29 is 0 Å². The minimum atomic E-state index is 0. The smallest absolute Gasteiger partial charge is 0.0690 e. The first kappa shape index (κ1) is 11.8. The van der Waals surface area contributed by atoms with Crippen molar-refractivity contribution >= 4 is 0 Å². The molecule has 1 rings (SSSR count). The van der Waals surface area contributed by atoms with Crippen LogP contribution in [0.25, 0.3) is 0 Å². The van der Waals surface area contributed by atoms with Gasteiger partial charge < -0.3 is 17.6 Å². The lowest BCUT2D eigenvalue weighted by Gasteiger charge is -1.72. The van der Waals surface area contributed by atoms with Crippen molar-refractivity contribution in [2.24, 2.45) is 11.5 Å². The van der Waals surface area contributed by atoms with Crippen LogP contribution in [0.15, 0.2) is 12.4 Å². The molecule has 1 aromatic rings. The summed E-state index contributed by atoms with van der Waals surface area (Å²) in [4.78, 5) is 0. The molecule has 6 heteroatoms. The maximum atomic E-state index is 4.90. The quantitative estimate of drug-likeness (QED) is 0.398. The SMILES string of the molecule is N.NCCN.c1c[nH]nn1. The minimum Gasteiger partial charge on any atom is -0.344 e. The van der Waals surface area contributed by atoms with Crippen LogP contribution >= 0.6 is 0 Å². The molecule has 60 valence electrons. The number of aromatic amines is 1. The van der Waals surface area contributed by atoms with E-state index in [1.165, 1.54) is 0 Å². The maximum absolute atomic E-state index is 4.90. The molecule has 0 saturated carbocycles. The lowest BCUT2D eigenvalue weighted by Crippen LogP contribution is -2.11. The van der Waals surface area contributed by atoms with Crippen LogP contribution in [0.4, 0.5) is 0 Å². The fourth-order valence-corrected chi connectivity index (χ4v) is 0.167. The van der Waals surface area contributed by atoms with Crippen LogP contribution in [-0.4, -0.2) is 28.5 Å². The fraction of sp³-hybridized carbons (Fsp3) is 0.500. The van der Waals surface area contributed by atoms with Crippen molar-refractivity contribution in [3.05, 3.63) is 12.4 Å². The molecular formula is C4H14N6. The summed E-state index contributed by atoms with van der Waals surface area (Å²) in [6, 6.07) is 0. The largest absolute Gasteiger partial charge is 0.344 e. The number of rotatable bonds is 1. The molecule has 6 nitrogen and oxygen atoms in total. The normalized spacial score (nSPS) is 7.00. The lowest BCUT2D eigenvalue weighted by atomic mass is 10.7. The first-order chi connectivity index (χ1) is 4.41. The van der Waals surface area contributed by atoms with E-state index in [9.17, 15) is 0 Å². The summed E-state index contributed by atoms with van der Waals surface area (Å²) in [7, 11) is 0. The molecule has 0 bridgehead atoms. The van der Waals surface area contributed by atoms with E-state index >= 15 is 0 Å². The van der Waals surface area contributed by atoms with E-state index in [0.29, 0.717) is 13.1 Å². The number of hydrogen-bond donors (Lipinski definition) is 4. The summed E-state index contributed by atoms with van der Waals surface area (Å²) in [6.45, 7) is 1.19. The zero-order valence-electron chi connectivity index (χ0n) is 5.83. The number of nitrogens with zero attached hydrogens (tertiary/aromatic N) is 2. The molecule has 1 heterocycles. The van der Waals surface area contributed by atoms with Gasteiger partial charge in [0.05, 0.1) is 6.20 Å². The molecule has 10 heavy (non-hydrogen) atoms. The Hall–Kier alpha value is -0.980. The Morgan fingerprint density at radius 2 is 1.90 bits per heavy atom. The van der Waals surface area contributed by atoms with E-state index in [2.05, 4.69) is 15.4 Å². The number of hydrogen-bond acceptors (Lipinski definition) is 5. The predicted octanol–water partition coefficient (Wildman–Crippen LogP) is -1.13. The van der Waals surface area contributed by atoms with Gasteiger partial charge in [0.15, 0.2) is 0 Å². The Morgan fingerprint density at radius 1 is 1.30 bits per heavy atom. The summed E-state index contributed by atoms with van der Waals surface area (Å²) < 4.78 is 0. The second-order valence-electron chi connectivity index (χ2n) is 1.24. The highest BCUT2D eigenvalue weighted by molar-refractivity contribution is 4.54. The number of H-pyrrole nitrogens is 1. The molecule has 0 fully saturated rings. The van der Waals surface area contributed by atoms with Crippen molar-refractivity contribution in [3.8, 4) is 0 Å². The zero-order valence-corrected chi connectivity index (χ0v) is 5.83. The molecule has 0 aromatic carbocycles. The van der Waals surface area contributed by atoms with Gasteiger partial charge in [-0.25, -0.2) is 0 Å². The van der Waals surface area contributed by atoms with Gasteiger partial charge in [-0.15, -0.1) is 5.10 Å².